The van der Waals surface area contributed by atoms with E-state index in [2.05, 4.69) is 53.1 Å². The zero-order valence-corrected chi connectivity index (χ0v) is 13.9. The standard InChI is InChI=1S/C17H34N2/c1-7-9-10-14(8-2)13-18-15-11-16(3,4)19-17(5,6)12-15/h13-15,19H,7-12H2,1-6H3. The van der Waals surface area contributed by atoms with Gasteiger partial charge in [0.15, 0.2) is 0 Å². The lowest BCUT2D eigenvalue weighted by atomic mass is 9.80. The molecule has 0 spiro atoms. The maximum Gasteiger partial charge on any atom is 0.0530 e. The van der Waals surface area contributed by atoms with Gasteiger partial charge in [0.25, 0.3) is 0 Å². The molecule has 0 bridgehead atoms. The van der Waals surface area contributed by atoms with Gasteiger partial charge in [-0.2, -0.15) is 0 Å². The zero-order chi connectivity index (χ0) is 14.5. The van der Waals surface area contributed by atoms with Crippen molar-refractivity contribution >= 4 is 6.21 Å². The Morgan fingerprint density at radius 2 is 1.74 bits per heavy atom. The summed E-state index contributed by atoms with van der Waals surface area (Å²) >= 11 is 0. The number of unbranched alkanes of at least 4 members (excludes halogenated alkanes) is 1. The van der Waals surface area contributed by atoms with E-state index in [1.807, 2.05) is 0 Å². The third-order valence-electron chi connectivity index (χ3n) is 4.13. The molecule has 1 N–H and O–H groups in total. The minimum atomic E-state index is 0.203. The molecule has 1 atom stereocenters. The maximum absolute atomic E-state index is 4.93. The minimum Gasteiger partial charge on any atom is -0.307 e. The fourth-order valence-corrected chi connectivity index (χ4v) is 3.47. The molecular weight excluding hydrogens is 232 g/mol. The van der Waals surface area contributed by atoms with Crippen LogP contribution in [0.1, 0.15) is 80.1 Å². The third kappa shape index (κ3) is 6.07. The first-order chi connectivity index (χ1) is 8.78. The highest BCUT2D eigenvalue weighted by Gasteiger charge is 2.37. The van der Waals surface area contributed by atoms with Crippen molar-refractivity contribution in [1.29, 1.82) is 0 Å². The number of rotatable bonds is 6. The summed E-state index contributed by atoms with van der Waals surface area (Å²) < 4.78 is 0. The Kier molecular flexibility index (Phi) is 6.04. The fourth-order valence-electron chi connectivity index (χ4n) is 3.47. The fraction of sp³-hybridized carbons (Fsp3) is 0.941. The first kappa shape index (κ1) is 16.7. The summed E-state index contributed by atoms with van der Waals surface area (Å²) in [6.07, 6.45) is 9.70. The van der Waals surface area contributed by atoms with Crippen LogP contribution in [-0.4, -0.2) is 23.3 Å². The molecule has 0 aromatic heterocycles. The predicted octanol–water partition coefficient (Wildman–Crippen LogP) is 4.58. The molecule has 1 aliphatic heterocycles. The lowest BCUT2D eigenvalue weighted by Gasteiger charge is -2.45. The molecule has 1 rings (SSSR count). The smallest absolute Gasteiger partial charge is 0.0530 e. The Morgan fingerprint density at radius 1 is 1.16 bits per heavy atom. The van der Waals surface area contributed by atoms with Crippen LogP contribution in [0.15, 0.2) is 4.99 Å². The highest BCUT2D eigenvalue weighted by Crippen LogP contribution is 2.30. The van der Waals surface area contributed by atoms with Crippen LogP contribution in [0.2, 0.25) is 0 Å². The second-order valence-corrected chi connectivity index (χ2v) is 7.56. The zero-order valence-electron chi connectivity index (χ0n) is 13.9. The van der Waals surface area contributed by atoms with E-state index in [4.69, 9.17) is 4.99 Å². The predicted molar refractivity (Wildman–Crippen MR) is 86.1 cm³/mol. The van der Waals surface area contributed by atoms with E-state index in [1.54, 1.807) is 0 Å². The van der Waals surface area contributed by atoms with E-state index in [0.29, 0.717) is 12.0 Å². The van der Waals surface area contributed by atoms with Gasteiger partial charge in [0.1, 0.15) is 0 Å². The molecule has 0 aromatic carbocycles. The van der Waals surface area contributed by atoms with Gasteiger partial charge in [-0.05, 0) is 59.3 Å². The van der Waals surface area contributed by atoms with Crippen molar-refractivity contribution in [2.75, 3.05) is 0 Å². The molecule has 2 nitrogen and oxygen atoms in total. The van der Waals surface area contributed by atoms with Crippen molar-refractivity contribution in [3.05, 3.63) is 0 Å². The summed E-state index contributed by atoms with van der Waals surface area (Å²) in [4.78, 5) is 4.93. The molecule has 1 heterocycles. The van der Waals surface area contributed by atoms with Gasteiger partial charge >= 0.3 is 0 Å². The lowest BCUT2D eigenvalue weighted by Crippen LogP contribution is -2.58. The van der Waals surface area contributed by atoms with Gasteiger partial charge in [0, 0.05) is 17.3 Å². The summed E-state index contributed by atoms with van der Waals surface area (Å²) in [5.41, 5.74) is 0.407. The summed E-state index contributed by atoms with van der Waals surface area (Å²) in [7, 11) is 0. The van der Waals surface area contributed by atoms with Gasteiger partial charge in [-0.15, -0.1) is 0 Å². The summed E-state index contributed by atoms with van der Waals surface area (Å²) in [6.45, 7) is 13.7. The molecule has 2 heteroatoms. The highest BCUT2D eigenvalue weighted by molar-refractivity contribution is 5.60. The molecule has 1 aliphatic rings. The summed E-state index contributed by atoms with van der Waals surface area (Å²) in [6, 6.07) is 0.488. The topological polar surface area (TPSA) is 24.4 Å². The van der Waals surface area contributed by atoms with Crippen molar-refractivity contribution in [3.63, 3.8) is 0 Å². The van der Waals surface area contributed by atoms with Crippen molar-refractivity contribution < 1.29 is 0 Å². The molecule has 0 saturated carbocycles. The highest BCUT2D eigenvalue weighted by atomic mass is 15.1. The molecule has 112 valence electrons. The van der Waals surface area contributed by atoms with Crippen molar-refractivity contribution in [2.24, 2.45) is 10.9 Å². The van der Waals surface area contributed by atoms with E-state index in [0.717, 1.165) is 12.8 Å². The Balaban J connectivity index is 2.59. The van der Waals surface area contributed by atoms with Gasteiger partial charge < -0.3 is 5.32 Å². The van der Waals surface area contributed by atoms with Crippen LogP contribution in [0.4, 0.5) is 0 Å². The Hall–Kier alpha value is -0.370. The normalized spacial score (nSPS) is 24.7. The van der Waals surface area contributed by atoms with Crippen LogP contribution in [0.5, 0.6) is 0 Å². The Labute approximate surface area is 120 Å². The third-order valence-corrected chi connectivity index (χ3v) is 4.13. The van der Waals surface area contributed by atoms with Crippen molar-refractivity contribution in [1.82, 2.24) is 5.32 Å². The Morgan fingerprint density at radius 3 is 2.21 bits per heavy atom. The van der Waals surface area contributed by atoms with Gasteiger partial charge in [-0.1, -0.05) is 26.7 Å². The van der Waals surface area contributed by atoms with Crippen LogP contribution < -0.4 is 5.32 Å². The van der Waals surface area contributed by atoms with E-state index >= 15 is 0 Å². The molecule has 19 heavy (non-hydrogen) atoms. The summed E-state index contributed by atoms with van der Waals surface area (Å²) in [5.74, 6) is 0.682. The van der Waals surface area contributed by atoms with Crippen LogP contribution in [0.25, 0.3) is 0 Å². The van der Waals surface area contributed by atoms with E-state index in [1.165, 1.54) is 25.7 Å². The maximum atomic E-state index is 4.93. The molecule has 0 aromatic rings. The first-order valence-corrected chi connectivity index (χ1v) is 8.10. The number of nitrogens with one attached hydrogen (secondary N) is 1. The second kappa shape index (κ2) is 6.88. The summed E-state index contributed by atoms with van der Waals surface area (Å²) in [5, 5.41) is 3.72. The van der Waals surface area contributed by atoms with Gasteiger partial charge in [-0.25, -0.2) is 0 Å². The van der Waals surface area contributed by atoms with Crippen LogP contribution >= 0.6 is 0 Å². The van der Waals surface area contributed by atoms with Crippen LogP contribution in [0, 0.1) is 5.92 Å². The number of aliphatic imine (C=N–C) groups is 1. The molecular formula is C17H34N2. The van der Waals surface area contributed by atoms with E-state index < -0.39 is 0 Å². The number of piperidine rings is 1. The van der Waals surface area contributed by atoms with Crippen molar-refractivity contribution in [2.45, 2.75) is 97.2 Å². The van der Waals surface area contributed by atoms with Gasteiger partial charge in [0.05, 0.1) is 6.04 Å². The largest absolute Gasteiger partial charge is 0.307 e. The molecule has 1 fully saturated rings. The minimum absolute atomic E-state index is 0.203. The molecule has 1 saturated heterocycles. The monoisotopic (exact) mass is 266 g/mol. The molecule has 0 amide bonds. The van der Waals surface area contributed by atoms with E-state index in [9.17, 15) is 0 Å². The number of hydrogen-bond donors (Lipinski definition) is 1. The average Bonchev–Trinajstić information content (AvgIpc) is 2.25. The van der Waals surface area contributed by atoms with E-state index in [-0.39, 0.29) is 11.1 Å². The van der Waals surface area contributed by atoms with Crippen LogP contribution in [0.3, 0.4) is 0 Å². The molecule has 1 unspecified atom stereocenters. The first-order valence-electron chi connectivity index (χ1n) is 8.10. The number of nitrogens with zero attached hydrogens (tertiary/aromatic N) is 1. The quantitative estimate of drug-likeness (QED) is 0.699. The number of hydrogen-bond acceptors (Lipinski definition) is 2. The average molecular weight is 266 g/mol. The second-order valence-electron chi connectivity index (χ2n) is 7.56. The molecule has 0 radical (unpaired) electrons. The Bertz CT molecular complexity index is 276. The molecule has 0 aliphatic carbocycles. The van der Waals surface area contributed by atoms with Crippen LogP contribution in [-0.2, 0) is 0 Å². The lowest BCUT2D eigenvalue weighted by molar-refractivity contribution is 0.164. The SMILES string of the molecule is CCCCC(C=NC1CC(C)(C)NC(C)(C)C1)CC. The van der Waals surface area contributed by atoms with Gasteiger partial charge in [0.2, 0.25) is 0 Å². The van der Waals surface area contributed by atoms with Crippen molar-refractivity contribution in [3.8, 4) is 0 Å². The van der Waals surface area contributed by atoms with Gasteiger partial charge in [-0.3, -0.25) is 4.99 Å².